The second-order valence-corrected chi connectivity index (χ2v) is 10.7. The lowest BCUT2D eigenvalue weighted by Crippen LogP contribution is -2.71. The van der Waals surface area contributed by atoms with Crippen molar-refractivity contribution in [3.8, 4) is 5.75 Å². The fourth-order valence-corrected chi connectivity index (χ4v) is 5.85. The van der Waals surface area contributed by atoms with Crippen molar-refractivity contribution in [1.29, 1.82) is 0 Å². The molecule has 202 valence electrons. The first-order chi connectivity index (χ1) is 17.9. The van der Waals surface area contributed by atoms with Gasteiger partial charge in [0.25, 0.3) is 11.5 Å². The molecule has 0 aliphatic carbocycles. The third-order valence-electron chi connectivity index (χ3n) is 5.97. The third kappa shape index (κ3) is 4.99. The number of benzene rings is 1. The van der Waals surface area contributed by atoms with Crippen LogP contribution >= 0.6 is 11.8 Å². The molecule has 5 N–H and O–H groups in total. The van der Waals surface area contributed by atoms with E-state index in [9.17, 15) is 33.9 Å². The number of esters is 1. The number of nitrogens with one attached hydrogen (secondary N) is 4. The van der Waals surface area contributed by atoms with Gasteiger partial charge < -0.3 is 30.1 Å². The summed E-state index contributed by atoms with van der Waals surface area (Å²) < 4.78 is 9.10. The van der Waals surface area contributed by atoms with Crippen LogP contribution in [0.15, 0.2) is 33.9 Å². The summed E-state index contributed by atoms with van der Waals surface area (Å²) in [6, 6.07) is 1.98. The smallest absolute Gasteiger partial charge is 0.342 e. The molecule has 2 saturated heterocycles. The number of aromatic hydroxyl groups is 1. The van der Waals surface area contributed by atoms with E-state index in [1.165, 1.54) is 48.0 Å². The molecule has 2 fully saturated rings. The van der Waals surface area contributed by atoms with Crippen molar-refractivity contribution in [1.82, 2.24) is 30.7 Å². The van der Waals surface area contributed by atoms with Gasteiger partial charge in [0, 0.05) is 11.9 Å². The summed E-state index contributed by atoms with van der Waals surface area (Å²) in [7, 11) is 1.36. The van der Waals surface area contributed by atoms with Gasteiger partial charge in [-0.25, -0.2) is 14.7 Å². The molecule has 0 saturated carbocycles. The zero-order valence-electron chi connectivity index (χ0n) is 20.3. The van der Waals surface area contributed by atoms with Crippen LogP contribution in [0.3, 0.4) is 0 Å². The van der Waals surface area contributed by atoms with Crippen LogP contribution in [0.4, 0.5) is 0 Å². The van der Waals surface area contributed by atoms with E-state index in [4.69, 9.17) is 9.47 Å². The maximum absolute atomic E-state index is 13.3. The molecular weight excluding hydrogens is 524 g/mol. The Bertz CT molecular complexity index is 1390. The molecular formula is C22H24N6O9S. The number of hydrogen-bond donors (Lipinski definition) is 5. The van der Waals surface area contributed by atoms with Crippen molar-refractivity contribution >= 4 is 35.5 Å². The minimum absolute atomic E-state index is 0.0984. The molecule has 1 aromatic heterocycles. The number of β-lactam (4-membered cyclic amide) rings is 1. The van der Waals surface area contributed by atoms with Crippen LogP contribution in [0.2, 0.25) is 0 Å². The number of phenols is 1. The summed E-state index contributed by atoms with van der Waals surface area (Å²) in [4.78, 5) is 78.1. The number of carbonyl (C=O) groups excluding carboxylic acids is 4. The molecule has 0 radical (unpaired) electrons. The first-order valence-electron chi connectivity index (χ1n) is 11.2. The van der Waals surface area contributed by atoms with Crippen LogP contribution in [0, 0.1) is 0 Å². The molecule has 38 heavy (non-hydrogen) atoms. The Balaban J connectivity index is 1.55. The minimum Gasteiger partial charge on any atom is -0.508 e. The molecule has 1 aromatic carbocycles. The standard InChI is InChI=1S/C22H24N6O9S/c1-22(2)14(20(34)37-8-36-3)28-18(33)13(19(28)38-22)24-15(30)11(9-4-6-10(29)7-5-9)23-16(31)12-17(32)25-21(35)27-26-12/h4-7,11,13-14,19,29H,8H2,1-3H3,(H,23,31)(H,24,30)(H2,25,27,32,35)/t11?,13-,14+,19-/m1/s1. The number of fused-ring (bicyclic) bond motifs is 1. The summed E-state index contributed by atoms with van der Waals surface area (Å²) >= 11 is 1.30. The zero-order chi connectivity index (χ0) is 27.8. The van der Waals surface area contributed by atoms with E-state index in [0.717, 1.165) is 0 Å². The van der Waals surface area contributed by atoms with Crippen LogP contribution in [0.25, 0.3) is 0 Å². The van der Waals surface area contributed by atoms with Gasteiger partial charge in [-0.2, -0.15) is 5.10 Å². The second-order valence-electron chi connectivity index (χ2n) is 8.97. The Morgan fingerprint density at radius 2 is 1.89 bits per heavy atom. The number of methoxy groups -OCH3 is 1. The molecule has 0 spiro atoms. The number of thioether (sulfide) groups is 1. The summed E-state index contributed by atoms with van der Waals surface area (Å²) in [6.45, 7) is 3.27. The summed E-state index contributed by atoms with van der Waals surface area (Å²) in [6.07, 6.45) is 0. The van der Waals surface area contributed by atoms with Crippen LogP contribution in [-0.4, -0.2) is 85.0 Å². The second kappa shape index (κ2) is 10.3. The van der Waals surface area contributed by atoms with Crippen molar-refractivity contribution in [2.75, 3.05) is 13.9 Å². The molecule has 15 nitrogen and oxygen atoms in total. The molecule has 1 unspecified atom stereocenters. The number of carbonyl (C=O) groups is 4. The maximum Gasteiger partial charge on any atom is 0.342 e. The number of nitrogens with zero attached hydrogens (tertiary/aromatic N) is 2. The average molecular weight is 549 g/mol. The summed E-state index contributed by atoms with van der Waals surface area (Å²) in [5, 5.41) is 19.4. The third-order valence-corrected chi connectivity index (χ3v) is 7.54. The molecule has 0 bridgehead atoms. The normalized spacial score (nSPS) is 22.1. The highest BCUT2D eigenvalue weighted by atomic mass is 32.2. The zero-order valence-corrected chi connectivity index (χ0v) is 21.2. The van der Waals surface area contributed by atoms with E-state index in [2.05, 4.69) is 15.7 Å². The van der Waals surface area contributed by atoms with Crippen LogP contribution in [0.1, 0.15) is 35.9 Å². The predicted octanol–water partition coefficient (Wildman–Crippen LogP) is -1.67. The molecule has 4 atom stereocenters. The van der Waals surface area contributed by atoms with Crippen molar-refractivity contribution in [2.45, 2.75) is 42.1 Å². The van der Waals surface area contributed by atoms with Crippen LogP contribution in [-0.2, 0) is 23.9 Å². The molecule has 16 heteroatoms. The minimum atomic E-state index is -1.42. The van der Waals surface area contributed by atoms with E-state index in [-0.39, 0.29) is 18.1 Å². The predicted molar refractivity (Wildman–Crippen MR) is 130 cm³/mol. The molecule has 3 heterocycles. The van der Waals surface area contributed by atoms with Gasteiger partial charge in [0.05, 0.1) is 0 Å². The molecule has 2 aliphatic heterocycles. The number of H-pyrrole nitrogens is 2. The van der Waals surface area contributed by atoms with Crippen LogP contribution < -0.4 is 21.9 Å². The number of phenolic OH excluding ortho intramolecular Hbond substituents is 1. The topological polar surface area (TPSA) is 213 Å². The highest BCUT2D eigenvalue weighted by Gasteiger charge is 2.64. The van der Waals surface area contributed by atoms with Gasteiger partial charge in [-0.1, -0.05) is 12.1 Å². The van der Waals surface area contributed by atoms with Gasteiger partial charge in [-0.15, -0.1) is 11.8 Å². The van der Waals surface area contributed by atoms with Crippen LogP contribution in [0.5, 0.6) is 5.75 Å². The Labute approximate surface area is 218 Å². The Kier molecular flexibility index (Phi) is 7.28. The van der Waals surface area contributed by atoms with E-state index in [1.54, 1.807) is 13.8 Å². The molecule has 2 aromatic rings. The summed E-state index contributed by atoms with van der Waals surface area (Å²) in [5.74, 6) is -3.13. The quantitative estimate of drug-likeness (QED) is 0.143. The highest BCUT2D eigenvalue weighted by Crippen LogP contribution is 2.51. The SMILES string of the molecule is COCOC(=O)[C@@H]1N2C(=O)[C@@H](NC(=O)C(NC(=O)c3n[nH]c(=O)[nH]c3=O)c3ccc(O)cc3)[C@H]2SC1(C)C. The lowest BCUT2D eigenvalue weighted by molar-refractivity contribution is -0.170. The monoisotopic (exact) mass is 548 g/mol. The van der Waals surface area contributed by atoms with E-state index in [1.807, 2.05) is 10.1 Å². The Morgan fingerprint density at radius 1 is 1.21 bits per heavy atom. The number of aromatic amines is 2. The number of hydrogen-bond acceptors (Lipinski definition) is 11. The fourth-order valence-electron chi connectivity index (χ4n) is 4.23. The van der Waals surface area contributed by atoms with Crippen molar-refractivity contribution in [2.24, 2.45) is 0 Å². The lowest BCUT2D eigenvalue weighted by Gasteiger charge is -2.44. The number of rotatable bonds is 8. The Hall–Kier alpha value is -4.18. The average Bonchev–Trinajstić information content (AvgIpc) is 3.12. The fraction of sp³-hybridized carbons (Fsp3) is 0.409. The van der Waals surface area contributed by atoms with Gasteiger partial charge >= 0.3 is 11.7 Å². The Morgan fingerprint density at radius 3 is 2.53 bits per heavy atom. The van der Waals surface area contributed by atoms with Gasteiger partial charge in [0.2, 0.25) is 17.5 Å². The molecule has 2 aliphatic rings. The lowest BCUT2D eigenvalue weighted by atomic mass is 9.95. The highest BCUT2D eigenvalue weighted by molar-refractivity contribution is 8.01. The number of aromatic nitrogens is 3. The summed E-state index contributed by atoms with van der Waals surface area (Å²) in [5.41, 5.74) is -2.47. The van der Waals surface area contributed by atoms with Gasteiger partial charge in [-0.3, -0.25) is 24.2 Å². The first kappa shape index (κ1) is 26.9. The van der Waals surface area contributed by atoms with E-state index >= 15 is 0 Å². The van der Waals surface area contributed by atoms with Crippen molar-refractivity contribution < 1.29 is 33.8 Å². The van der Waals surface area contributed by atoms with E-state index < -0.39 is 68.9 Å². The van der Waals surface area contributed by atoms with Crippen molar-refractivity contribution in [3.05, 3.63) is 56.4 Å². The maximum atomic E-state index is 13.3. The molecule has 4 rings (SSSR count). The number of amides is 3. The van der Waals surface area contributed by atoms with E-state index in [0.29, 0.717) is 0 Å². The van der Waals surface area contributed by atoms with Gasteiger partial charge in [0.1, 0.15) is 29.2 Å². The van der Waals surface area contributed by atoms with Gasteiger partial charge in [0.15, 0.2) is 6.79 Å². The first-order valence-corrected chi connectivity index (χ1v) is 12.1. The molecule has 3 amide bonds. The van der Waals surface area contributed by atoms with Gasteiger partial charge in [-0.05, 0) is 31.5 Å². The largest absolute Gasteiger partial charge is 0.508 e. The number of ether oxygens (including phenoxy) is 2. The van der Waals surface area contributed by atoms with Crippen molar-refractivity contribution in [3.63, 3.8) is 0 Å².